The first kappa shape index (κ1) is 16.9. The Balaban J connectivity index is 0.000000331. The fourth-order valence-electron chi connectivity index (χ4n) is 0.924. The van der Waals surface area contributed by atoms with E-state index in [1.54, 1.807) is 0 Å². The molecule has 18 heavy (non-hydrogen) atoms. The molecule has 0 saturated heterocycles. The molecule has 8 heteroatoms. The Hall–Kier alpha value is -1.15. The third kappa shape index (κ3) is 7.23. The Bertz CT molecular complexity index is 431. The molecule has 0 amide bonds. The topological polar surface area (TPSA) is 58.2 Å². The van der Waals surface area contributed by atoms with Crippen LogP contribution in [0.5, 0.6) is 0 Å². The highest BCUT2D eigenvalue weighted by Gasteiger charge is 2.44. The molecule has 0 aliphatic heterocycles. The van der Waals surface area contributed by atoms with Crippen LogP contribution in [0, 0.1) is 0 Å². The Morgan fingerprint density at radius 2 is 1.61 bits per heavy atom. The van der Waals surface area contributed by atoms with Crippen LogP contribution >= 0.6 is 0 Å². The first-order valence-corrected chi connectivity index (χ1v) is 6.60. The Morgan fingerprint density at radius 1 is 1.17 bits per heavy atom. The van der Waals surface area contributed by atoms with Crippen LogP contribution in [0.4, 0.5) is 13.2 Å². The predicted octanol–water partition coefficient (Wildman–Crippen LogP) is 2.17. The number of nitrogens with zero attached hydrogens (tertiary/aromatic N) is 1. The van der Waals surface area contributed by atoms with E-state index in [4.69, 9.17) is 13.0 Å². The van der Waals surface area contributed by atoms with E-state index >= 15 is 0 Å². The minimum Gasteiger partial charge on any atom is -0.279 e. The second-order valence-electron chi connectivity index (χ2n) is 3.39. The van der Waals surface area contributed by atoms with Gasteiger partial charge in [-0.15, -0.1) is 0 Å². The number of alkyl halides is 3. The second kappa shape index (κ2) is 7.32. The highest BCUT2D eigenvalue weighted by atomic mass is 32.2. The summed E-state index contributed by atoms with van der Waals surface area (Å²) in [7, 11) is -5.84. The summed E-state index contributed by atoms with van der Waals surface area (Å²) in [4.78, 5) is 0. The highest BCUT2D eigenvalue weighted by Crippen LogP contribution is 2.20. The lowest BCUT2D eigenvalue weighted by molar-refractivity contribution is -0.697. The first-order valence-electron chi connectivity index (χ1n) is 5.16. The van der Waals surface area contributed by atoms with E-state index in [1.807, 2.05) is 6.07 Å². The van der Waals surface area contributed by atoms with Crippen molar-refractivity contribution in [3.05, 3.63) is 30.6 Å². The van der Waals surface area contributed by atoms with Crippen LogP contribution in [0.25, 0.3) is 0 Å². The van der Waals surface area contributed by atoms with Gasteiger partial charge < -0.3 is 0 Å². The van der Waals surface area contributed by atoms with Gasteiger partial charge in [0.1, 0.15) is 6.54 Å². The van der Waals surface area contributed by atoms with Gasteiger partial charge in [-0.2, -0.15) is 21.6 Å². The molecule has 1 aromatic heterocycles. The van der Waals surface area contributed by atoms with Gasteiger partial charge in [-0.3, -0.25) is 4.55 Å². The molecule has 0 bridgehead atoms. The zero-order valence-electron chi connectivity index (χ0n) is 9.76. The molecule has 1 N–H and O–H groups in total. The van der Waals surface area contributed by atoms with Crippen LogP contribution in [0.15, 0.2) is 30.6 Å². The van der Waals surface area contributed by atoms with Gasteiger partial charge in [-0.1, -0.05) is 19.4 Å². The number of rotatable bonds is 3. The number of halogens is 3. The van der Waals surface area contributed by atoms with Gasteiger partial charge in [-0.05, 0) is 0 Å². The SMILES string of the molecule is CCCC[n+]1ccccc1.O=S(=O)(O)C(F)(F)F. The van der Waals surface area contributed by atoms with E-state index in [1.165, 1.54) is 12.8 Å². The fraction of sp³-hybridized carbons (Fsp3) is 0.500. The van der Waals surface area contributed by atoms with Crippen molar-refractivity contribution in [1.82, 2.24) is 0 Å². The van der Waals surface area contributed by atoms with Crippen molar-refractivity contribution in [1.29, 1.82) is 0 Å². The second-order valence-corrected chi connectivity index (χ2v) is 4.80. The molecular weight excluding hydrogens is 271 g/mol. The lowest BCUT2D eigenvalue weighted by atomic mass is 10.3. The molecule has 104 valence electrons. The number of hydrogen-bond acceptors (Lipinski definition) is 2. The molecule has 1 aromatic rings. The zero-order chi connectivity index (χ0) is 14.2. The molecule has 0 fully saturated rings. The number of unbranched alkanes of at least 4 members (excludes halogenated alkanes) is 1. The Kier molecular flexibility index (Phi) is 6.85. The van der Waals surface area contributed by atoms with Gasteiger partial charge in [0.2, 0.25) is 0 Å². The van der Waals surface area contributed by atoms with E-state index in [0.29, 0.717) is 0 Å². The summed E-state index contributed by atoms with van der Waals surface area (Å²) in [5.41, 5.74) is -5.53. The maximum atomic E-state index is 10.7. The molecule has 1 rings (SSSR count). The van der Waals surface area contributed by atoms with Crippen LogP contribution in [0.1, 0.15) is 19.8 Å². The van der Waals surface area contributed by atoms with E-state index in [2.05, 4.69) is 36.0 Å². The third-order valence-corrected chi connectivity index (χ3v) is 2.42. The molecule has 0 saturated carbocycles. The summed E-state index contributed by atoms with van der Waals surface area (Å²) in [5, 5.41) is 0. The average molecular weight is 286 g/mol. The smallest absolute Gasteiger partial charge is 0.279 e. The molecule has 0 radical (unpaired) electrons. The molecule has 4 nitrogen and oxygen atoms in total. The van der Waals surface area contributed by atoms with Crippen molar-refractivity contribution in [2.24, 2.45) is 0 Å². The van der Waals surface area contributed by atoms with Crippen LogP contribution < -0.4 is 4.57 Å². The molecule has 0 aromatic carbocycles. The van der Waals surface area contributed by atoms with Gasteiger partial charge in [-0.25, -0.2) is 4.57 Å². The summed E-state index contributed by atoms with van der Waals surface area (Å²) in [6, 6.07) is 6.17. The standard InChI is InChI=1S/C9H14N.CHF3O3S/c1-2-3-7-10-8-5-4-6-9-10;2-1(3,4)8(5,6)7/h4-6,8-9H,2-3,7H2,1H3;(H,5,6,7)/q+1;. The predicted molar refractivity (Wildman–Crippen MR) is 59.1 cm³/mol. The average Bonchev–Trinajstić information content (AvgIpc) is 2.26. The van der Waals surface area contributed by atoms with Gasteiger partial charge in [0, 0.05) is 18.6 Å². The van der Waals surface area contributed by atoms with Crippen molar-refractivity contribution in [3.8, 4) is 0 Å². The lowest BCUT2D eigenvalue weighted by Crippen LogP contribution is -2.31. The quantitative estimate of drug-likeness (QED) is 0.526. The summed E-state index contributed by atoms with van der Waals surface area (Å²) < 4.78 is 59.8. The van der Waals surface area contributed by atoms with Crippen LogP contribution in [-0.4, -0.2) is 18.5 Å². The highest BCUT2D eigenvalue weighted by molar-refractivity contribution is 7.86. The maximum absolute atomic E-state index is 10.7. The molecule has 0 aliphatic rings. The van der Waals surface area contributed by atoms with Crippen molar-refractivity contribution < 1.29 is 30.7 Å². The molecule has 0 aliphatic carbocycles. The van der Waals surface area contributed by atoms with Gasteiger partial charge in [0.05, 0.1) is 0 Å². The van der Waals surface area contributed by atoms with E-state index < -0.39 is 15.6 Å². The third-order valence-electron chi connectivity index (χ3n) is 1.84. The Labute approximate surface area is 104 Å². The largest absolute Gasteiger partial charge is 0.522 e. The van der Waals surface area contributed by atoms with Crippen LogP contribution in [0.2, 0.25) is 0 Å². The van der Waals surface area contributed by atoms with Crippen molar-refractivity contribution in [2.45, 2.75) is 31.8 Å². The van der Waals surface area contributed by atoms with E-state index in [0.717, 1.165) is 6.54 Å². The van der Waals surface area contributed by atoms with Gasteiger partial charge in [0.15, 0.2) is 12.4 Å². The maximum Gasteiger partial charge on any atom is 0.522 e. The number of hydrogen-bond donors (Lipinski definition) is 1. The normalized spacial score (nSPS) is 11.6. The summed E-state index contributed by atoms with van der Waals surface area (Å²) in [6.07, 6.45) is 6.75. The fourth-order valence-corrected chi connectivity index (χ4v) is 0.924. The molecule has 1 heterocycles. The first-order chi connectivity index (χ1) is 8.18. The Morgan fingerprint density at radius 3 is 1.94 bits per heavy atom. The molecule has 0 spiro atoms. The van der Waals surface area contributed by atoms with Gasteiger partial charge >= 0.3 is 15.6 Å². The number of pyridine rings is 1. The molecule has 0 atom stereocenters. The molecule has 0 unspecified atom stereocenters. The number of aromatic nitrogens is 1. The van der Waals surface area contributed by atoms with Crippen molar-refractivity contribution >= 4 is 10.1 Å². The monoisotopic (exact) mass is 286 g/mol. The summed E-state index contributed by atoms with van der Waals surface area (Å²) in [6.45, 7) is 3.36. The minimum absolute atomic E-state index is 1.15. The van der Waals surface area contributed by atoms with Crippen molar-refractivity contribution in [3.63, 3.8) is 0 Å². The number of aryl methyl sites for hydroxylation is 1. The van der Waals surface area contributed by atoms with Crippen LogP contribution in [-0.2, 0) is 16.7 Å². The minimum atomic E-state index is -5.84. The molecular formula is C10H15F3NO3S+. The summed E-state index contributed by atoms with van der Waals surface area (Å²) >= 11 is 0. The van der Waals surface area contributed by atoms with E-state index in [-0.39, 0.29) is 0 Å². The lowest BCUT2D eigenvalue weighted by Gasteiger charge is -1.97. The van der Waals surface area contributed by atoms with Crippen LogP contribution in [0.3, 0.4) is 0 Å². The summed E-state index contributed by atoms with van der Waals surface area (Å²) in [5.74, 6) is 0. The van der Waals surface area contributed by atoms with Crippen molar-refractivity contribution in [2.75, 3.05) is 0 Å². The van der Waals surface area contributed by atoms with E-state index in [9.17, 15) is 13.2 Å². The zero-order valence-corrected chi connectivity index (χ0v) is 10.6. The van der Waals surface area contributed by atoms with Gasteiger partial charge in [0.25, 0.3) is 0 Å².